The summed E-state index contributed by atoms with van der Waals surface area (Å²) in [5.74, 6) is 1.88. The number of thioether (sulfide) groups is 1. The number of imidazole rings is 1. The molecule has 3 rings (SSSR count). The molecule has 1 N–H and O–H groups in total. The third-order valence-electron chi connectivity index (χ3n) is 4.27. The fraction of sp³-hybridized carbons (Fsp3) is 0.556. The molecule has 0 bridgehead atoms. The second kappa shape index (κ2) is 8.10. The lowest BCUT2D eigenvalue weighted by atomic mass is 10.0. The number of amides is 1. The predicted molar refractivity (Wildman–Crippen MR) is 98.7 cm³/mol. The van der Waals surface area contributed by atoms with Crippen LogP contribution < -0.4 is 5.32 Å². The van der Waals surface area contributed by atoms with Gasteiger partial charge in [-0.25, -0.2) is 4.98 Å². The average molecular weight is 362 g/mol. The van der Waals surface area contributed by atoms with E-state index in [2.05, 4.69) is 24.1 Å². The van der Waals surface area contributed by atoms with E-state index < -0.39 is 0 Å². The van der Waals surface area contributed by atoms with Crippen LogP contribution in [0.25, 0.3) is 0 Å². The summed E-state index contributed by atoms with van der Waals surface area (Å²) < 4.78 is 7.75. The first kappa shape index (κ1) is 18.1. The normalized spacial score (nSPS) is 18.1. The maximum Gasteiger partial charge on any atom is 0.289 e. The van der Waals surface area contributed by atoms with E-state index in [0.717, 1.165) is 36.8 Å². The van der Waals surface area contributed by atoms with Crippen LogP contribution in [-0.2, 0) is 12.8 Å². The molecule has 2 aromatic heterocycles. The standard InChI is InChI=1S/C18H26N4O2S/c1-13(2)20-14-5-4-9-22(11-14)17(23)16-7-6-15(24-16)12-25-18-19-8-10-21(18)3/h6-8,10,13-14,20H,4-5,9,11-12H2,1-3H3/t14-/m0/s1. The first-order valence-electron chi connectivity index (χ1n) is 8.77. The van der Waals surface area contributed by atoms with Crippen molar-refractivity contribution in [3.8, 4) is 0 Å². The SMILES string of the molecule is CC(C)N[C@H]1CCCN(C(=O)c2ccc(CSc3nccn3C)o2)C1. The highest BCUT2D eigenvalue weighted by Crippen LogP contribution is 2.23. The number of aryl methyl sites for hydroxylation is 1. The fourth-order valence-electron chi connectivity index (χ4n) is 3.12. The van der Waals surface area contributed by atoms with Gasteiger partial charge in [0, 0.05) is 44.6 Å². The summed E-state index contributed by atoms with van der Waals surface area (Å²) in [6, 6.07) is 4.47. The van der Waals surface area contributed by atoms with E-state index in [0.29, 0.717) is 23.6 Å². The first-order chi connectivity index (χ1) is 12.0. The zero-order chi connectivity index (χ0) is 17.8. The Hall–Kier alpha value is -1.73. The Morgan fingerprint density at radius 3 is 3.04 bits per heavy atom. The van der Waals surface area contributed by atoms with Gasteiger partial charge in [-0.15, -0.1) is 0 Å². The van der Waals surface area contributed by atoms with Gasteiger partial charge in [0.05, 0.1) is 5.75 Å². The van der Waals surface area contributed by atoms with Crippen molar-refractivity contribution in [2.75, 3.05) is 13.1 Å². The van der Waals surface area contributed by atoms with Crippen molar-refractivity contribution in [2.45, 2.75) is 49.7 Å². The third kappa shape index (κ3) is 4.67. The number of furan rings is 1. The van der Waals surface area contributed by atoms with Crippen LogP contribution >= 0.6 is 11.8 Å². The number of rotatable bonds is 6. The van der Waals surface area contributed by atoms with Crippen LogP contribution in [0.4, 0.5) is 0 Å². The van der Waals surface area contributed by atoms with E-state index >= 15 is 0 Å². The second-order valence-corrected chi connectivity index (χ2v) is 7.73. The second-order valence-electron chi connectivity index (χ2n) is 6.79. The fourth-order valence-corrected chi connectivity index (χ4v) is 3.95. The van der Waals surface area contributed by atoms with Crippen molar-refractivity contribution >= 4 is 17.7 Å². The lowest BCUT2D eigenvalue weighted by Gasteiger charge is -2.33. The molecule has 1 atom stereocenters. The number of aromatic nitrogens is 2. The van der Waals surface area contributed by atoms with Gasteiger partial charge >= 0.3 is 0 Å². The highest BCUT2D eigenvalue weighted by molar-refractivity contribution is 7.98. The van der Waals surface area contributed by atoms with Crippen LogP contribution in [-0.4, -0.2) is 45.5 Å². The van der Waals surface area contributed by atoms with Gasteiger partial charge in [-0.05, 0) is 25.0 Å². The highest BCUT2D eigenvalue weighted by atomic mass is 32.2. The van der Waals surface area contributed by atoms with Crippen LogP contribution in [0.3, 0.4) is 0 Å². The zero-order valence-electron chi connectivity index (χ0n) is 15.1. The Morgan fingerprint density at radius 1 is 1.48 bits per heavy atom. The Kier molecular flexibility index (Phi) is 5.86. The molecule has 0 unspecified atom stereocenters. The van der Waals surface area contributed by atoms with Gasteiger partial charge in [0.1, 0.15) is 5.76 Å². The van der Waals surface area contributed by atoms with Crippen LogP contribution in [0.5, 0.6) is 0 Å². The Bertz CT molecular complexity index is 710. The molecule has 136 valence electrons. The van der Waals surface area contributed by atoms with Crippen LogP contribution in [0.1, 0.15) is 43.0 Å². The number of hydrogen-bond donors (Lipinski definition) is 1. The molecule has 0 saturated carbocycles. The van der Waals surface area contributed by atoms with Crippen molar-refractivity contribution in [1.29, 1.82) is 0 Å². The average Bonchev–Trinajstić information content (AvgIpc) is 3.21. The molecule has 7 heteroatoms. The Balaban J connectivity index is 1.57. The molecule has 0 radical (unpaired) electrons. The van der Waals surface area contributed by atoms with E-state index in [4.69, 9.17) is 4.42 Å². The number of nitrogens with one attached hydrogen (secondary N) is 1. The molecule has 2 aromatic rings. The number of nitrogens with zero attached hydrogens (tertiary/aromatic N) is 3. The van der Waals surface area contributed by atoms with E-state index in [9.17, 15) is 4.79 Å². The van der Waals surface area contributed by atoms with Crippen LogP contribution in [0.2, 0.25) is 0 Å². The summed E-state index contributed by atoms with van der Waals surface area (Å²) in [5, 5.41) is 4.46. The lowest BCUT2D eigenvalue weighted by Crippen LogP contribution is -2.49. The molecular formula is C18H26N4O2S. The molecule has 25 heavy (non-hydrogen) atoms. The number of carbonyl (C=O) groups is 1. The predicted octanol–water partition coefficient (Wildman–Crippen LogP) is 2.91. The van der Waals surface area contributed by atoms with Crippen LogP contribution in [0, 0.1) is 0 Å². The largest absolute Gasteiger partial charge is 0.455 e. The summed E-state index contributed by atoms with van der Waals surface area (Å²) >= 11 is 1.60. The van der Waals surface area contributed by atoms with Gasteiger partial charge < -0.3 is 19.2 Å². The van der Waals surface area contributed by atoms with Crippen molar-refractivity contribution in [3.63, 3.8) is 0 Å². The molecule has 1 aliphatic rings. The van der Waals surface area contributed by atoms with Crippen molar-refractivity contribution < 1.29 is 9.21 Å². The molecule has 0 aromatic carbocycles. The molecular weight excluding hydrogens is 336 g/mol. The van der Waals surface area contributed by atoms with E-state index in [-0.39, 0.29) is 5.91 Å². The summed E-state index contributed by atoms with van der Waals surface area (Å²) in [4.78, 5) is 18.9. The first-order valence-corrected chi connectivity index (χ1v) is 9.75. The van der Waals surface area contributed by atoms with E-state index in [1.807, 2.05) is 28.8 Å². The molecule has 1 saturated heterocycles. The van der Waals surface area contributed by atoms with Crippen molar-refractivity contribution in [1.82, 2.24) is 19.8 Å². The zero-order valence-corrected chi connectivity index (χ0v) is 15.9. The van der Waals surface area contributed by atoms with Gasteiger partial charge in [0.25, 0.3) is 5.91 Å². The Labute approximate surface area is 153 Å². The topological polar surface area (TPSA) is 63.3 Å². The number of carbonyl (C=O) groups excluding carboxylic acids is 1. The van der Waals surface area contributed by atoms with Gasteiger partial charge in [-0.3, -0.25) is 4.79 Å². The number of piperidine rings is 1. The van der Waals surface area contributed by atoms with E-state index in [1.165, 1.54) is 0 Å². The summed E-state index contributed by atoms with van der Waals surface area (Å²) in [7, 11) is 1.96. The van der Waals surface area contributed by atoms with Gasteiger partial charge in [0.2, 0.25) is 0 Å². The number of likely N-dealkylation sites (tertiary alicyclic amines) is 1. The Morgan fingerprint density at radius 2 is 2.32 bits per heavy atom. The van der Waals surface area contributed by atoms with Crippen molar-refractivity contribution in [3.05, 3.63) is 36.0 Å². The van der Waals surface area contributed by atoms with Gasteiger partial charge in [-0.1, -0.05) is 25.6 Å². The molecule has 1 aliphatic heterocycles. The molecule has 3 heterocycles. The van der Waals surface area contributed by atoms with E-state index in [1.54, 1.807) is 24.0 Å². The minimum atomic E-state index is -0.0107. The smallest absolute Gasteiger partial charge is 0.289 e. The molecule has 0 aliphatic carbocycles. The maximum absolute atomic E-state index is 12.7. The van der Waals surface area contributed by atoms with Gasteiger partial charge in [-0.2, -0.15) is 0 Å². The maximum atomic E-state index is 12.7. The molecule has 1 amide bonds. The molecule has 6 nitrogen and oxygen atoms in total. The minimum absolute atomic E-state index is 0.0107. The third-order valence-corrected chi connectivity index (χ3v) is 5.35. The molecule has 1 fully saturated rings. The quantitative estimate of drug-likeness (QED) is 0.801. The monoisotopic (exact) mass is 362 g/mol. The molecule has 0 spiro atoms. The van der Waals surface area contributed by atoms with Crippen molar-refractivity contribution in [2.24, 2.45) is 7.05 Å². The number of hydrogen-bond acceptors (Lipinski definition) is 5. The lowest BCUT2D eigenvalue weighted by molar-refractivity contribution is 0.0657. The summed E-state index contributed by atoms with van der Waals surface area (Å²) in [6.07, 6.45) is 5.83. The summed E-state index contributed by atoms with van der Waals surface area (Å²) in [6.45, 7) is 5.82. The summed E-state index contributed by atoms with van der Waals surface area (Å²) in [5.41, 5.74) is 0. The minimum Gasteiger partial charge on any atom is -0.455 e. The van der Waals surface area contributed by atoms with Crippen LogP contribution in [0.15, 0.2) is 34.1 Å². The highest BCUT2D eigenvalue weighted by Gasteiger charge is 2.26. The van der Waals surface area contributed by atoms with Gasteiger partial charge in [0.15, 0.2) is 10.9 Å².